The first-order chi connectivity index (χ1) is 9.51. The molecule has 0 aromatic heterocycles. The number of nitrogens with one attached hydrogen (secondary N) is 1. The van der Waals surface area contributed by atoms with Crippen LogP contribution >= 0.6 is 28.1 Å². The molecule has 1 aromatic rings. The molecule has 1 aliphatic rings. The lowest BCUT2D eigenvalue weighted by Crippen LogP contribution is -2.62. The zero-order valence-corrected chi connectivity index (χ0v) is 14.2. The third-order valence-electron chi connectivity index (χ3n) is 3.80. The summed E-state index contributed by atoms with van der Waals surface area (Å²) in [6, 6.07) is 3.93. The molecule has 2 nitrogen and oxygen atoms in total. The smallest absolute Gasteiger partial charge is 0.302 e. The molecule has 116 valence electrons. The van der Waals surface area contributed by atoms with Crippen LogP contribution in [0.2, 0.25) is 0 Å². The maximum absolute atomic E-state index is 15.0. The monoisotopic (exact) mass is 381 g/mol. The van der Waals surface area contributed by atoms with Gasteiger partial charge in [-0.3, -0.25) is 0 Å². The highest BCUT2D eigenvalue weighted by Crippen LogP contribution is 2.48. The molecule has 0 amide bonds. The molecule has 1 fully saturated rings. The molecule has 1 aromatic carbocycles. The Hall–Kier alpha value is -0.660. The molecule has 1 unspecified atom stereocenters. The lowest BCUT2D eigenvalue weighted by molar-refractivity contribution is -0.216. The van der Waals surface area contributed by atoms with Gasteiger partial charge in [0, 0.05) is 10.0 Å². The fraction of sp³-hybridized carbons (Fsp3) is 0.500. The van der Waals surface area contributed by atoms with Crippen LogP contribution < -0.4 is 5.32 Å². The second kappa shape index (κ2) is 5.21. The van der Waals surface area contributed by atoms with Crippen molar-refractivity contribution in [1.82, 2.24) is 5.32 Å². The SMILES string of the molecule is CC1(C)OCC(=S)NC(C)(c2cc(Br)ccc2F)C1(F)F. The normalized spacial score (nSPS) is 27.9. The highest BCUT2D eigenvalue weighted by atomic mass is 79.9. The quantitative estimate of drug-likeness (QED) is 0.737. The predicted molar refractivity (Wildman–Crippen MR) is 82.2 cm³/mol. The largest absolute Gasteiger partial charge is 0.363 e. The molecule has 0 aliphatic carbocycles. The number of hydrogen-bond acceptors (Lipinski definition) is 2. The Balaban J connectivity index is 2.70. The van der Waals surface area contributed by atoms with Crippen molar-refractivity contribution in [3.05, 3.63) is 34.1 Å². The van der Waals surface area contributed by atoms with Crippen LogP contribution in [-0.2, 0) is 10.3 Å². The van der Waals surface area contributed by atoms with Crippen LogP contribution in [0.25, 0.3) is 0 Å². The van der Waals surface area contributed by atoms with E-state index < -0.39 is 22.9 Å². The summed E-state index contributed by atoms with van der Waals surface area (Å²) in [7, 11) is 0. The minimum atomic E-state index is -3.40. The molecular formula is C14H15BrF3NOS. The van der Waals surface area contributed by atoms with E-state index in [1.54, 1.807) is 0 Å². The number of benzene rings is 1. The van der Waals surface area contributed by atoms with Gasteiger partial charge in [-0.15, -0.1) is 0 Å². The molecule has 1 saturated heterocycles. The van der Waals surface area contributed by atoms with Crippen molar-refractivity contribution in [1.29, 1.82) is 0 Å². The Kier molecular flexibility index (Phi) is 4.14. The molecule has 0 radical (unpaired) electrons. The Labute approximate surface area is 135 Å². The van der Waals surface area contributed by atoms with Gasteiger partial charge >= 0.3 is 5.92 Å². The van der Waals surface area contributed by atoms with Crippen molar-refractivity contribution in [3.8, 4) is 0 Å². The average molecular weight is 382 g/mol. The zero-order valence-electron chi connectivity index (χ0n) is 11.8. The fourth-order valence-electron chi connectivity index (χ4n) is 2.45. The maximum Gasteiger partial charge on any atom is 0.302 e. The molecule has 0 saturated carbocycles. The van der Waals surface area contributed by atoms with E-state index in [4.69, 9.17) is 17.0 Å². The molecule has 0 bridgehead atoms. The zero-order chi connectivity index (χ0) is 16.1. The van der Waals surface area contributed by atoms with Crippen molar-refractivity contribution in [2.45, 2.75) is 37.8 Å². The second-order valence-corrected chi connectivity index (χ2v) is 7.08. The Morgan fingerprint density at radius 3 is 2.52 bits per heavy atom. The summed E-state index contributed by atoms with van der Waals surface area (Å²) >= 11 is 8.20. The Morgan fingerprint density at radius 2 is 1.90 bits per heavy atom. The third-order valence-corrected chi connectivity index (χ3v) is 4.52. The van der Waals surface area contributed by atoms with Gasteiger partial charge in [0.2, 0.25) is 0 Å². The number of thiocarbonyl (C=S) groups is 1. The van der Waals surface area contributed by atoms with E-state index >= 15 is 8.78 Å². The van der Waals surface area contributed by atoms with Crippen LogP contribution in [0.4, 0.5) is 13.2 Å². The van der Waals surface area contributed by atoms with Gasteiger partial charge < -0.3 is 10.1 Å². The molecule has 1 heterocycles. The summed E-state index contributed by atoms with van der Waals surface area (Å²) in [6.07, 6.45) is 0. The molecule has 1 N–H and O–H groups in total. The van der Waals surface area contributed by atoms with Crippen molar-refractivity contribution in [2.75, 3.05) is 6.61 Å². The van der Waals surface area contributed by atoms with E-state index in [1.165, 1.54) is 32.9 Å². The molecule has 2 rings (SSSR count). The molecule has 7 heteroatoms. The standard InChI is InChI=1S/C14H15BrF3NOS/c1-12(2)14(17,18)13(3,19-11(21)7-20-12)9-6-8(15)4-5-10(9)16/h4-6H,7H2,1-3H3,(H,19,21). The van der Waals surface area contributed by atoms with Crippen LogP contribution in [0, 0.1) is 5.82 Å². The van der Waals surface area contributed by atoms with Crippen molar-refractivity contribution < 1.29 is 17.9 Å². The third kappa shape index (κ3) is 2.59. The molecule has 0 spiro atoms. The van der Waals surface area contributed by atoms with Crippen LogP contribution in [0.15, 0.2) is 22.7 Å². The van der Waals surface area contributed by atoms with E-state index in [0.29, 0.717) is 4.47 Å². The second-order valence-electron chi connectivity index (χ2n) is 5.67. The van der Waals surface area contributed by atoms with Crippen molar-refractivity contribution in [2.24, 2.45) is 0 Å². The topological polar surface area (TPSA) is 21.3 Å². The highest BCUT2D eigenvalue weighted by Gasteiger charge is 2.64. The van der Waals surface area contributed by atoms with Gasteiger partial charge in [-0.25, -0.2) is 13.2 Å². The summed E-state index contributed by atoms with van der Waals surface area (Å²) in [6.45, 7) is 3.65. The summed E-state index contributed by atoms with van der Waals surface area (Å²) in [5, 5.41) is 2.58. The number of halogens is 4. The predicted octanol–water partition coefficient (Wildman–Crippen LogP) is 4.16. The minimum Gasteiger partial charge on any atom is -0.363 e. The number of ether oxygens (including phenoxy) is 1. The molecule has 21 heavy (non-hydrogen) atoms. The summed E-state index contributed by atoms with van der Waals surface area (Å²) in [5.74, 6) is -4.13. The van der Waals surface area contributed by atoms with E-state index in [1.807, 2.05) is 0 Å². The van der Waals surface area contributed by atoms with Gasteiger partial charge in [0.05, 0.1) is 6.61 Å². The van der Waals surface area contributed by atoms with Crippen LogP contribution in [0.1, 0.15) is 26.3 Å². The van der Waals surface area contributed by atoms with Gasteiger partial charge in [-0.05, 0) is 39.0 Å². The van der Waals surface area contributed by atoms with Gasteiger partial charge in [0.1, 0.15) is 21.9 Å². The van der Waals surface area contributed by atoms with E-state index in [0.717, 1.165) is 6.07 Å². The van der Waals surface area contributed by atoms with Gasteiger partial charge in [0.15, 0.2) is 0 Å². The first-order valence-electron chi connectivity index (χ1n) is 6.29. The average Bonchev–Trinajstić information content (AvgIpc) is 2.43. The molecule has 1 atom stereocenters. The summed E-state index contributed by atoms with van der Waals surface area (Å²) < 4.78 is 50.0. The summed E-state index contributed by atoms with van der Waals surface area (Å²) in [4.78, 5) is 0.113. The van der Waals surface area contributed by atoms with Crippen LogP contribution in [0.3, 0.4) is 0 Å². The molecule has 1 aliphatic heterocycles. The van der Waals surface area contributed by atoms with Crippen molar-refractivity contribution >= 4 is 33.1 Å². The Bertz CT molecular complexity index is 594. The fourth-order valence-corrected chi connectivity index (χ4v) is 3.07. The van der Waals surface area contributed by atoms with E-state index in [9.17, 15) is 4.39 Å². The first-order valence-corrected chi connectivity index (χ1v) is 7.50. The number of hydrogen-bond donors (Lipinski definition) is 1. The number of alkyl halides is 2. The van der Waals surface area contributed by atoms with E-state index in [2.05, 4.69) is 21.2 Å². The van der Waals surface area contributed by atoms with Gasteiger partial charge in [-0.1, -0.05) is 28.1 Å². The lowest BCUT2D eigenvalue weighted by atomic mass is 9.78. The van der Waals surface area contributed by atoms with Crippen LogP contribution in [0.5, 0.6) is 0 Å². The maximum atomic E-state index is 15.0. The van der Waals surface area contributed by atoms with E-state index in [-0.39, 0.29) is 17.2 Å². The minimum absolute atomic E-state index is 0.113. The van der Waals surface area contributed by atoms with Gasteiger partial charge in [0.25, 0.3) is 0 Å². The highest BCUT2D eigenvalue weighted by molar-refractivity contribution is 9.10. The Morgan fingerprint density at radius 1 is 1.29 bits per heavy atom. The van der Waals surface area contributed by atoms with Crippen LogP contribution in [-0.4, -0.2) is 23.1 Å². The van der Waals surface area contributed by atoms with Gasteiger partial charge in [-0.2, -0.15) is 0 Å². The summed E-state index contributed by atoms with van der Waals surface area (Å²) in [5.41, 5.74) is -3.98. The number of rotatable bonds is 1. The lowest BCUT2D eigenvalue weighted by Gasteiger charge is -2.43. The molecular weight excluding hydrogens is 367 g/mol. The van der Waals surface area contributed by atoms with Crippen molar-refractivity contribution in [3.63, 3.8) is 0 Å². The first kappa shape index (κ1) is 16.7.